The molecule has 0 saturated heterocycles. The number of carbonyl (C=O) groups is 2. The van der Waals surface area contributed by atoms with Gasteiger partial charge in [0.25, 0.3) is 0 Å². The largest absolute Gasteiger partial charge is 0.317 e. The predicted octanol–water partition coefficient (Wildman–Crippen LogP) is 5.05. The lowest BCUT2D eigenvalue weighted by Gasteiger charge is -2.46. The summed E-state index contributed by atoms with van der Waals surface area (Å²) in [7, 11) is 0. The first kappa shape index (κ1) is 18.7. The molecule has 0 N–H and O–H groups in total. The minimum absolute atomic E-state index is 0.104. The second-order valence-corrected chi connectivity index (χ2v) is 9.90. The van der Waals surface area contributed by atoms with Crippen LogP contribution in [0, 0.1) is 22.2 Å². The summed E-state index contributed by atoms with van der Waals surface area (Å²) in [6, 6.07) is 9.62. The van der Waals surface area contributed by atoms with E-state index in [0.29, 0.717) is 24.8 Å². The molecular formula is C24H26N2O2. The van der Waals surface area contributed by atoms with Crippen molar-refractivity contribution in [1.29, 1.82) is 5.26 Å². The maximum absolute atomic E-state index is 13.0. The zero-order valence-corrected chi connectivity index (χ0v) is 17.1. The predicted molar refractivity (Wildman–Crippen MR) is 108 cm³/mol. The molecule has 0 radical (unpaired) electrons. The second kappa shape index (κ2) is 6.17. The van der Waals surface area contributed by atoms with Crippen LogP contribution in [0.25, 0.3) is 0 Å². The van der Waals surface area contributed by atoms with E-state index in [2.05, 4.69) is 38.7 Å². The summed E-state index contributed by atoms with van der Waals surface area (Å²) < 4.78 is 0. The average Bonchev–Trinajstić information content (AvgIpc) is 2.59. The number of rotatable bonds is 1. The monoisotopic (exact) mass is 374 g/mol. The maximum atomic E-state index is 13.0. The molecule has 4 rings (SSSR count). The zero-order valence-electron chi connectivity index (χ0n) is 17.1. The van der Waals surface area contributed by atoms with Gasteiger partial charge in [-0.2, -0.15) is 5.26 Å². The van der Waals surface area contributed by atoms with Crippen LogP contribution >= 0.6 is 0 Å². The summed E-state index contributed by atoms with van der Waals surface area (Å²) >= 11 is 0. The van der Waals surface area contributed by atoms with E-state index in [4.69, 9.17) is 5.26 Å². The van der Waals surface area contributed by atoms with Crippen LogP contribution < -0.4 is 4.90 Å². The minimum Gasteiger partial charge on any atom is -0.317 e. The molecule has 1 aromatic rings. The van der Waals surface area contributed by atoms with Gasteiger partial charge in [-0.3, -0.25) is 9.59 Å². The highest BCUT2D eigenvalue weighted by Gasteiger charge is 2.44. The summed E-state index contributed by atoms with van der Waals surface area (Å²) in [6.45, 7) is 8.52. The molecule has 4 heteroatoms. The number of anilines is 1. The lowest BCUT2D eigenvalue weighted by atomic mass is 9.68. The van der Waals surface area contributed by atoms with E-state index in [1.54, 1.807) is 12.1 Å². The number of hydrogen-bond acceptors (Lipinski definition) is 4. The van der Waals surface area contributed by atoms with Crippen molar-refractivity contribution in [3.05, 3.63) is 52.4 Å². The number of Topliss-reactive ketones (excluding diaryl/α,β-unsaturated/α-hetero) is 2. The summed E-state index contributed by atoms with van der Waals surface area (Å²) in [6.07, 6.45) is 3.13. The van der Waals surface area contributed by atoms with Crippen LogP contribution in [0.3, 0.4) is 0 Å². The highest BCUT2D eigenvalue weighted by Crippen LogP contribution is 2.50. The van der Waals surface area contributed by atoms with Gasteiger partial charge in [0, 0.05) is 47.5 Å². The molecule has 2 aliphatic carbocycles. The molecule has 0 spiro atoms. The molecule has 4 nitrogen and oxygen atoms in total. The maximum Gasteiger partial charge on any atom is 0.161 e. The highest BCUT2D eigenvalue weighted by atomic mass is 16.1. The molecule has 144 valence electrons. The van der Waals surface area contributed by atoms with E-state index in [1.165, 1.54) is 0 Å². The summed E-state index contributed by atoms with van der Waals surface area (Å²) in [5, 5.41) is 9.15. The molecule has 3 aliphatic rings. The number of hydrogen-bond donors (Lipinski definition) is 0. The third-order valence-electron chi connectivity index (χ3n) is 6.09. The Balaban J connectivity index is 1.91. The highest BCUT2D eigenvalue weighted by molar-refractivity contribution is 6.05. The van der Waals surface area contributed by atoms with Crippen molar-refractivity contribution in [2.75, 3.05) is 4.90 Å². The normalized spacial score (nSPS) is 23.3. The standard InChI is InChI=1S/C24H26N2O2/c1-23(2)10-19-17(21(27)12-23)9-18-20(11-24(3,4)13-22(18)28)26(19)16-7-5-15(14-25)6-8-16/h5-8H,9-13H2,1-4H3. The van der Waals surface area contributed by atoms with E-state index in [9.17, 15) is 9.59 Å². The Morgan fingerprint density at radius 3 is 1.71 bits per heavy atom. The summed E-state index contributed by atoms with van der Waals surface area (Å²) in [5.74, 6) is 0.322. The fraction of sp³-hybridized carbons (Fsp3) is 0.458. The van der Waals surface area contributed by atoms with Crippen LogP contribution in [0.15, 0.2) is 46.8 Å². The molecular weight excluding hydrogens is 348 g/mol. The van der Waals surface area contributed by atoms with Crippen molar-refractivity contribution in [3.63, 3.8) is 0 Å². The SMILES string of the molecule is CC1(C)CC(=O)C2=C(C1)N(c1ccc(C#N)cc1)C1=C(C2)C(=O)CC(C)(C)C1. The van der Waals surface area contributed by atoms with Gasteiger partial charge in [0.15, 0.2) is 11.6 Å². The van der Waals surface area contributed by atoms with E-state index < -0.39 is 0 Å². The van der Waals surface area contributed by atoms with Gasteiger partial charge in [-0.1, -0.05) is 27.7 Å². The lowest BCUT2D eigenvalue weighted by molar-refractivity contribution is -0.118. The van der Waals surface area contributed by atoms with Gasteiger partial charge in [0.2, 0.25) is 0 Å². The van der Waals surface area contributed by atoms with Gasteiger partial charge >= 0.3 is 0 Å². The third kappa shape index (κ3) is 3.09. The van der Waals surface area contributed by atoms with Gasteiger partial charge in [-0.25, -0.2) is 0 Å². The summed E-state index contributed by atoms with van der Waals surface area (Å²) in [5.41, 5.74) is 5.00. The van der Waals surface area contributed by atoms with Crippen LogP contribution in [0.2, 0.25) is 0 Å². The van der Waals surface area contributed by atoms with E-state index in [-0.39, 0.29) is 22.4 Å². The van der Waals surface area contributed by atoms with E-state index in [0.717, 1.165) is 41.1 Å². The van der Waals surface area contributed by atoms with Crippen LogP contribution in [-0.2, 0) is 9.59 Å². The molecule has 1 heterocycles. The molecule has 0 atom stereocenters. The molecule has 1 aliphatic heterocycles. The number of ketones is 2. The van der Waals surface area contributed by atoms with Gasteiger partial charge in [0.1, 0.15) is 0 Å². The molecule has 0 amide bonds. The van der Waals surface area contributed by atoms with Crippen LogP contribution in [0.5, 0.6) is 0 Å². The Morgan fingerprint density at radius 1 is 0.821 bits per heavy atom. The topological polar surface area (TPSA) is 61.2 Å². The molecule has 0 aromatic heterocycles. The van der Waals surface area contributed by atoms with E-state index >= 15 is 0 Å². The van der Waals surface area contributed by atoms with Crippen molar-refractivity contribution in [2.24, 2.45) is 10.8 Å². The van der Waals surface area contributed by atoms with E-state index in [1.807, 2.05) is 12.1 Å². The van der Waals surface area contributed by atoms with Gasteiger partial charge in [-0.05, 0) is 47.9 Å². The Labute approximate surface area is 166 Å². The van der Waals surface area contributed by atoms with Gasteiger partial charge in [0.05, 0.1) is 11.6 Å². The van der Waals surface area contributed by atoms with Gasteiger partial charge in [-0.15, -0.1) is 0 Å². The molecule has 0 fully saturated rings. The Morgan fingerprint density at radius 2 is 1.29 bits per heavy atom. The van der Waals surface area contributed by atoms with Crippen molar-refractivity contribution in [3.8, 4) is 6.07 Å². The van der Waals surface area contributed by atoms with Crippen LogP contribution in [-0.4, -0.2) is 11.6 Å². The molecule has 0 bridgehead atoms. The number of nitriles is 1. The van der Waals surface area contributed by atoms with Crippen molar-refractivity contribution in [1.82, 2.24) is 0 Å². The fourth-order valence-corrected chi connectivity index (χ4v) is 4.82. The molecule has 0 unspecified atom stereocenters. The number of nitrogens with zero attached hydrogens (tertiary/aromatic N) is 2. The van der Waals surface area contributed by atoms with Crippen molar-refractivity contribution >= 4 is 17.3 Å². The molecule has 0 saturated carbocycles. The molecule has 28 heavy (non-hydrogen) atoms. The first-order valence-corrected chi connectivity index (χ1v) is 9.91. The van der Waals surface area contributed by atoms with Crippen LogP contribution in [0.4, 0.5) is 5.69 Å². The first-order chi connectivity index (χ1) is 13.1. The van der Waals surface area contributed by atoms with Crippen molar-refractivity contribution < 1.29 is 9.59 Å². The first-order valence-electron chi connectivity index (χ1n) is 9.91. The zero-order chi connectivity index (χ0) is 20.3. The minimum atomic E-state index is -0.104. The quantitative estimate of drug-likeness (QED) is 0.690. The lowest BCUT2D eigenvalue weighted by Crippen LogP contribution is -2.41. The van der Waals surface area contributed by atoms with Crippen LogP contribution in [0.1, 0.15) is 65.4 Å². The van der Waals surface area contributed by atoms with Crippen molar-refractivity contribution in [2.45, 2.75) is 59.8 Å². The second-order valence-electron chi connectivity index (χ2n) is 9.90. The Hall–Kier alpha value is -2.67. The average molecular weight is 374 g/mol. The third-order valence-corrected chi connectivity index (χ3v) is 6.09. The Bertz CT molecular complexity index is 932. The number of allylic oxidation sites excluding steroid dienone is 4. The number of benzene rings is 1. The number of carbonyl (C=O) groups excluding carboxylic acids is 2. The molecule has 1 aromatic carbocycles. The van der Waals surface area contributed by atoms with Gasteiger partial charge < -0.3 is 4.90 Å². The smallest absolute Gasteiger partial charge is 0.161 e. The Kier molecular flexibility index (Phi) is 4.12. The summed E-state index contributed by atoms with van der Waals surface area (Å²) in [4.78, 5) is 28.1. The fourth-order valence-electron chi connectivity index (χ4n) is 4.82.